The number of rotatable bonds is 0. The zero-order chi connectivity index (χ0) is 10.3. The van der Waals surface area contributed by atoms with Gasteiger partial charge in [0.25, 0.3) is 0 Å². The Balaban J connectivity index is 2.67. The minimum absolute atomic E-state index is 0.136. The molecular weight excluding hydrogens is 182 g/mol. The summed E-state index contributed by atoms with van der Waals surface area (Å²) in [6.07, 6.45) is 3.42. The Labute approximate surface area is 82.3 Å². The molecule has 0 N–H and O–H groups in total. The Morgan fingerprint density at radius 1 is 1.14 bits per heavy atom. The maximum absolute atomic E-state index is 13.6. The van der Waals surface area contributed by atoms with Crippen LogP contribution in [0.25, 0.3) is 6.08 Å². The second-order valence-corrected chi connectivity index (χ2v) is 3.86. The number of hydrogen-bond donors (Lipinski definition) is 0. The highest BCUT2D eigenvalue weighted by Gasteiger charge is 2.17. The van der Waals surface area contributed by atoms with Crippen molar-refractivity contribution >= 4 is 6.08 Å². The second kappa shape index (κ2) is 3.19. The van der Waals surface area contributed by atoms with Crippen molar-refractivity contribution in [3.8, 4) is 0 Å². The number of allylic oxidation sites excluding steroid dienone is 1. The molecule has 0 saturated carbocycles. The van der Waals surface area contributed by atoms with E-state index in [4.69, 9.17) is 0 Å². The number of hydrogen-bond acceptors (Lipinski definition) is 0. The largest absolute Gasteiger partial charge is 0.207 e. The molecular formula is C12H12F2. The molecule has 0 atom stereocenters. The van der Waals surface area contributed by atoms with E-state index in [9.17, 15) is 8.78 Å². The molecule has 0 fully saturated rings. The predicted octanol–water partition coefficient (Wildman–Crippen LogP) is 3.62. The van der Waals surface area contributed by atoms with Gasteiger partial charge in [0.15, 0.2) is 0 Å². The van der Waals surface area contributed by atoms with Crippen molar-refractivity contribution < 1.29 is 8.78 Å². The lowest BCUT2D eigenvalue weighted by Gasteiger charge is -2.16. The first kappa shape index (κ1) is 9.38. The fourth-order valence-electron chi connectivity index (χ4n) is 1.83. The highest BCUT2D eigenvalue weighted by atomic mass is 19.1. The number of fused-ring (bicyclic) bond motifs is 1. The highest BCUT2D eigenvalue weighted by molar-refractivity contribution is 5.60. The van der Waals surface area contributed by atoms with Gasteiger partial charge in [-0.05, 0) is 43.9 Å². The summed E-state index contributed by atoms with van der Waals surface area (Å²) in [5, 5.41) is 0. The van der Waals surface area contributed by atoms with Crippen LogP contribution in [0.2, 0.25) is 0 Å². The topological polar surface area (TPSA) is 0 Å². The summed E-state index contributed by atoms with van der Waals surface area (Å²) in [5.41, 5.74) is 2.68. The Kier molecular flexibility index (Phi) is 2.14. The van der Waals surface area contributed by atoms with E-state index in [1.807, 2.05) is 13.0 Å². The van der Waals surface area contributed by atoms with Crippen LogP contribution in [0.3, 0.4) is 0 Å². The molecule has 1 aliphatic carbocycles. The molecule has 0 aromatic heterocycles. The van der Waals surface area contributed by atoms with Crippen LogP contribution in [-0.2, 0) is 6.42 Å². The van der Waals surface area contributed by atoms with Crippen molar-refractivity contribution in [3.63, 3.8) is 0 Å². The van der Waals surface area contributed by atoms with Crippen LogP contribution in [0.4, 0.5) is 8.78 Å². The first-order valence-electron chi connectivity index (χ1n) is 4.74. The van der Waals surface area contributed by atoms with Crippen LogP contribution in [0, 0.1) is 18.6 Å². The molecule has 0 aliphatic heterocycles. The molecule has 0 heterocycles. The van der Waals surface area contributed by atoms with Gasteiger partial charge in [0.1, 0.15) is 11.6 Å². The summed E-state index contributed by atoms with van der Waals surface area (Å²) in [7, 11) is 0. The summed E-state index contributed by atoms with van der Waals surface area (Å²) in [4.78, 5) is 0. The third-order valence-electron chi connectivity index (χ3n) is 2.75. The van der Waals surface area contributed by atoms with Crippen LogP contribution in [0.15, 0.2) is 11.6 Å². The molecule has 74 valence electrons. The summed E-state index contributed by atoms with van der Waals surface area (Å²) in [6, 6.07) is 1.43. The van der Waals surface area contributed by atoms with Gasteiger partial charge in [-0.15, -0.1) is 0 Å². The average molecular weight is 194 g/mol. The molecule has 0 spiro atoms. The monoisotopic (exact) mass is 194 g/mol. The summed E-state index contributed by atoms with van der Waals surface area (Å²) in [5.74, 6) is -0.823. The van der Waals surface area contributed by atoms with Crippen LogP contribution in [-0.4, -0.2) is 0 Å². The van der Waals surface area contributed by atoms with E-state index in [0.717, 1.165) is 6.42 Å². The first-order valence-corrected chi connectivity index (χ1v) is 4.74. The third kappa shape index (κ3) is 1.35. The maximum atomic E-state index is 13.6. The Morgan fingerprint density at radius 2 is 1.86 bits per heavy atom. The van der Waals surface area contributed by atoms with Gasteiger partial charge < -0.3 is 0 Å². The van der Waals surface area contributed by atoms with E-state index in [0.29, 0.717) is 17.5 Å². The Morgan fingerprint density at radius 3 is 2.57 bits per heavy atom. The zero-order valence-corrected chi connectivity index (χ0v) is 8.32. The van der Waals surface area contributed by atoms with Crippen molar-refractivity contribution in [1.29, 1.82) is 0 Å². The van der Waals surface area contributed by atoms with Gasteiger partial charge in [-0.25, -0.2) is 8.78 Å². The van der Waals surface area contributed by atoms with E-state index < -0.39 is 5.82 Å². The second-order valence-electron chi connectivity index (χ2n) is 3.86. The molecule has 0 saturated heterocycles. The van der Waals surface area contributed by atoms with Crippen molar-refractivity contribution in [3.05, 3.63) is 40.0 Å². The van der Waals surface area contributed by atoms with Crippen molar-refractivity contribution in [2.45, 2.75) is 26.7 Å². The smallest absolute Gasteiger partial charge is 0.132 e. The molecule has 0 unspecified atom stereocenters. The van der Waals surface area contributed by atoms with Gasteiger partial charge in [-0.3, -0.25) is 0 Å². The van der Waals surface area contributed by atoms with Gasteiger partial charge in [0.05, 0.1) is 0 Å². The quantitative estimate of drug-likeness (QED) is 0.591. The SMILES string of the molecule is CC1=Cc2cc(F)c(C)c(F)c2CC1. The minimum atomic E-state index is -0.452. The minimum Gasteiger partial charge on any atom is -0.207 e. The maximum Gasteiger partial charge on any atom is 0.132 e. The Bertz CT molecular complexity index is 417. The Hall–Kier alpha value is -1.18. The molecule has 0 radical (unpaired) electrons. The van der Waals surface area contributed by atoms with Gasteiger partial charge in [-0.1, -0.05) is 11.6 Å². The normalized spacial score (nSPS) is 15.0. The molecule has 0 bridgehead atoms. The third-order valence-corrected chi connectivity index (χ3v) is 2.75. The lowest BCUT2D eigenvalue weighted by Crippen LogP contribution is -2.04. The van der Waals surface area contributed by atoms with E-state index in [-0.39, 0.29) is 11.4 Å². The molecule has 0 amide bonds. The zero-order valence-electron chi connectivity index (χ0n) is 8.32. The van der Waals surface area contributed by atoms with Gasteiger partial charge in [-0.2, -0.15) is 0 Å². The van der Waals surface area contributed by atoms with Crippen LogP contribution in [0.1, 0.15) is 30.0 Å². The molecule has 1 aromatic rings. The lowest BCUT2D eigenvalue weighted by molar-refractivity contribution is 0.555. The molecule has 2 rings (SSSR count). The van der Waals surface area contributed by atoms with E-state index in [1.54, 1.807) is 0 Å². The van der Waals surface area contributed by atoms with Crippen molar-refractivity contribution in [1.82, 2.24) is 0 Å². The fourth-order valence-corrected chi connectivity index (χ4v) is 1.83. The summed E-state index contributed by atoms with van der Waals surface area (Å²) < 4.78 is 26.8. The van der Waals surface area contributed by atoms with Gasteiger partial charge in [0, 0.05) is 5.56 Å². The fraction of sp³-hybridized carbons (Fsp3) is 0.333. The summed E-state index contributed by atoms with van der Waals surface area (Å²) >= 11 is 0. The van der Waals surface area contributed by atoms with E-state index in [2.05, 4.69) is 0 Å². The molecule has 1 aliphatic rings. The van der Waals surface area contributed by atoms with E-state index >= 15 is 0 Å². The summed E-state index contributed by atoms with van der Waals surface area (Å²) in [6.45, 7) is 3.47. The molecule has 0 nitrogen and oxygen atoms in total. The van der Waals surface area contributed by atoms with Crippen LogP contribution >= 0.6 is 0 Å². The first-order chi connectivity index (χ1) is 6.59. The van der Waals surface area contributed by atoms with E-state index in [1.165, 1.54) is 18.6 Å². The molecule has 14 heavy (non-hydrogen) atoms. The van der Waals surface area contributed by atoms with Gasteiger partial charge in [0.2, 0.25) is 0 Å². The average Bonchev–Trinajstić information content (AvgIpc) is 2.14. The van der Waals surface area contributed by atoms with Gasteiger partial charge >= 0.3 is 0 Å². The standard InChI is InChI=1S/C12H12F2/c1-7-3-4-10-9(5-7)6-11(13)8(2)12(10)14/h5-6H,3-4H2,1-2H3. The lowest BCUT2D eigenvalue weighted by atomic mass is 9.91. The van der Waals surface area contributed by atoms with Crippen molar-refractivity contribution in [2.75, 3.05) is 0 Å². The predicted molar refractivity (Wildman–Crippen MR) is 53.1 cm³/mol. The molecule has 2 heteroatoms. The molecule has 1 aromatic carbocycles. The van der Waals surface area contributed by atoms with Crippen LogP contribution in [0.5, 0.6) is 0 Å². The number of benzene rings is 1. The van der Waals surface area contributed by atoms with Crippen molar-refractivity contribution in [2.24, 2.45) is 0 Å². The highest BCUT2D eigenvalue weighted by Crippen LogP contribution is 2.28. The van der Waals surface area contributed by atoms with Crippen LogP contribution < -0.4 is 0 Å². The number of halogens is 2.